The SMILES string of the molecule is Cc1ccc(C(=O)Nc2ccc(OCCN)cc2)c(=O)[nH]1. The van der Waals surface area contributed by atoms with Crippen LogP contribution >= 0.6 is 0 Å². The lowest BCUT2D eigenvalue weighted by molar-refractivity contribution is 0.102. The van der Waals surface area contributed by atoms with Crippen LogP contribution in [0.3, 0.4) is 0 Å². The van der Waals surface area contributed by atoms with Crippen molar-refractivity contribution < 1.29 is 9.53 Å². The number of hydrogen-bond acceptors (Lipinski definition) is 4. The van der Waals surface area contributed by atoms with Crippen molar-refractivity contribution in [2.24, 2.45) is 5.73 Å². The van der Waals surface area contributed by atoms with Gasteiger partial charge in [0, 0.05) is 17.9 Å². The van der Waals surface area contributed by atoms with E-state index in [0.29, 0.717) is 30.3 Å². The van der Waals surface area contributed by atoms with Gasteiger partial charge in [0.25, 0.3) is 11.5 Å². The Morgan fingerprint density at radius 3 is 2.57 bits per heavy atom. The Morgan fingerprint density at radius 1 is 1.24 bits per heavy atom. The molecule has 1 aromatic heterocycles. The van der Waals surface area contributed by atoms with Gasteiger partial charge in [0.05, 0.1) is 0 Å². The topological polar surface area (TPSA) is 97.2 Å². The first kappa shape index (κ1) is 14.8. The number of amides is 1. The monoisotopic (exact) mass is 287 g/mol. The molecule has 110 valence electrons. The zero-order valence-electron chi connectivity index (χ0n) is 11.7. The summed E-state index contributed by atoms with van der Waals surface area (Å²) < 4.78 is 5.34. The first-order chi connectivity index (χ1) is 10.1. The molecule has 0 aliphatic heterocycles. The number of H-pyrrole nitrogens is 1. The van der Waals surface area contributed by atoms with Crippen molar-refractivity contribution >= 4 is 11.6 Å². The lowest BCUT2D eigenvalue weighted by Gasteiger charge is -2.07. The molecule has 21 heavy (non-hydrogen) atoms. The highest BCUT2D eigenvalue weighted by Crippen LogP contribution is 2.16. The van der Waals surface area contributed by atoms with E-state index in [1.807, 2.05) is 0 Å². The molecule has 1 amide bonds. The molecule has 1 heterocycles. The smallest absolute Gasteiger partial charge is 0.261 e. The van der Waals surface area contributed by atoms with E-state index in [4.69, 9.17) is 10.5 Å². The van der Waals surface area contributed by atoms with Gasteiger partial charge in [-0.2, -0.15) is 0 Å². The molecular formula is C15H17N3O3. The van der Waals surface area contributed by atoms with Crippen LogP contribution in [0.15, 0.2) is 41.2 Å². The molecule has 6 nitrogen and oxygen atoms in total. The van der Waals surface area contributed by atoms with Crippen LogP contribution in [0.2, 0.25) is 0 Å². The summed E-state index contributed by atoms with van der Waals surface area (Å²) in [5, 5.41) is 2.66. The number of carbonyl (C=O) groups excluding carboxylic acids is 1. The Morgan fingerprint density at radius 2 is 1.95 bits per heavy atom. The summed E-state index contributed by atoms with van der Waals surface area (Å²) in [6.45, 7) is 2.63. The predicted molar refractivity (Wildman–Crippen MR) is 80.7 cm³/mol. The Bertz CT molecular complexity index is 677. The normalized spacial score (nSPS) is 10.2. The lowest BCUT2D eigenvalue weighted by Crippen LogP contribution is -2.23. The summed E-state index contributed by atoms with van der Waals surface area (Å²) in [5.74, 6) is 0.221. The number of hydrogen-bond donors (Lipinski definition) is 3. The van der Waals surface area contributed by atoms with Crippen LogP contribution in [0, 0.1) is 6.92 Å². The van der Waals surface area contributed by atoms with Gasteiger partial charge in [-0.15, -0.1) is 0 Å². The van der Waals surface area contributed by atoms with Crippen LogP contribution in [0.5, 0.6) is 5.75 Å². The van der Waals surface area contributed by atoms with Gasteiger partial charge in [0.15, 0.2) is 0 Å². The van der Waals surface area contributed by atoms with Gasteiger partial charge < -0.3 is 20.8 Å². The largest absolute Gasteiger partial charge is 0.492 e. The number of rotatable bonds is 5. The zero-order valence-corrected chi connectivity index (χ0v) is 11.7. The van der Waals surface area contributed by atoms with E-state index < -0.39 is 11.5 Å². The summed E-state index contributed by atoms with van der Waals surface area (Å²) in [7, 11) is 0. The number of nitrogens with two attached hydrogens (primary N) is 1. The van der Waals surface area contributed by atoms with Gasteiger partial charge in [-0.3, -0.25) is 9.59 Å². The number of aromatic amines is 1. The third-order valence-corrected chi connectivity index (χ3v) is 2.80. The van der Waals surface area contributed by atoms with Gasteiger partial charge in [0.1, 0.15) is 17.9 Å². The second-order valence-electron chi connectivity index (χ2n) is 4.50. The number of anilines is 1. The van der Waals surface area contributed by atoms with E-state index >= 15 is 0 Å². The molecule has 0 saturated carbocycles. The molecule has 0 atom stereocenters. The second kappa shape index (κ2) is 6.71. The van der Waals surface area contributed by atoms with Crippen molar-refractivity contribution in [2.45, 2.75) is 6.92 Å². The molecule has 2 rings (SSSR count). The summed E-state index contributed by atoms with van der Waals surface area (Å²) in [5.41, 5.74) is 6.30. The van der Waals surface area contributed by atoms with E-state index in [9.17, 15) is 9.59 Å². The van der Waals surface area contributed by atoms with Crippen molar-refractivity contribution in [3.8, 4) is 5.75 Å². The molecule has 4 N–H and O–H groups in total. The summed E-state index contributed by atoms with van der Waals surface area (Å²) in [4.78, 5) is 26.3. The molecule has 0 spiro atoms. The molecule has 0 aliphatic rings. The van der Waals surface area contributed by atoms with Crippen molar-refractivity contribution in [1.29, 1.82) is 0 Å². The number of pyridine rings is 1. The molecule has 0 saturated heterocycles. The summed E-state index contributed by atoms with van der Waals surface area (Å²) in [6.07, 6.45) is 0. The van der Waals surface area contributed by atoms with Gasteiger partial charge in [0.2, 0.25) is 0 Å². The van der Waals surface area contributed by atoms with Crippen molar-refractivity contribution in [3.05, 3.63) is 58.0 Å². The van der Waals surface area contributed by atoms with Crippen molar-refractivity contribution in [2.75, 3.05) is 18.5 Å². The number of aromatic nitrogens is 1. The highest BCUT2D eigenvalue weighted by atomic mass is 16.5. The second-order valence-corrected chi connectivity index (χ2v) is 4.50. The fraction of sp³-hybridized carbons (Fsp3) is 0.200. The first-order valence-corrected chi connectivity index (χ1v) is 6.54. The fourth-order valence-electron chi connectivity index (χ4n) is 1.76. The first-order valence-electron chi connectivity index (χ1n) is 6.54. The van der Waals surface area contributed by atoms with Gasteiger partial charge in [-0.05, 0) is 43.3 Å². The van der Waals surface area contributed by atoms with Gasteiger partial charge >= 0.3 is 0 Å². The van der Waals surface area contributed by atoms with Crippen LogP contribution in [0.4, 0.5) is 5.69 Å². The standard InChI is InChI=1S/C15H17N3O3/c1-10-2-7-13(14(19)17-10)15(20)18-11-3-5-12(6-4-11)21-9-8-16/h2-7H,8-9,16H2,1H3,(H,17,19)(H,18,20). The zero-order chi connectivity index (χ0) is 15.2. The number of aryl methyl sites for hydroxylation is 1. The summed E-state index contributed by atoms with van der Waals surface area (Å²) >= 11 is 0. The minimum absolute atomic E-state index is 0.0732. The third kappa shape index (κ3) is 3.93. The van der Waals surface area contributed by atoms with Crippen LogP contribution in [-0.4, -0.2) is 24.0 Å². The molecule has 1 aromatic carbocycles. The van der Waals surface area contributed by atoms with E-state index in [1.165, 1.54) is 6.07 Å². The average Bonchev–Trinajstić information content (AvgIpc) is 2.46. The van der Waals surface area contributed by atoms with Crippen LogP contribution < -0.4 is 21.3 Å². The molecule has 0 unspecified atom stereocenters. The van der Waals surface area contributed by atoms with Crippen molar-refractivity contribution in [1.82, 2.24) is 4.98 Å². The molecule has 2 aromatic rings. The number of carbonyl (C=O) groups is 1. The predicted octanol–water partition coefficient (Wildman–Crippen LogP) is 1.27. The van der Waals surface area contributed by atoms with Crippen LogP contribution in [0.1, 0.15) is 16.1 Å². The lowest BCUT2D eigenvalue weighted by atomic mass is 10.2. The molecular weight excluding hydrogens is 270 g/mol. The molecule has 6 heteroatoms. The number of nitrogens with one attached hydrogen (secondary N) is 2. The van der Waals surface area contributed by atoms with Gasteiger partial charge in [-0.1, -0.05) is 0 Å². The maximum atomic E-state index is 12.0. The average molecular weight is 287 g/mol. The van der Waals surface area contributed by atoms with E-state index in [-0.39, 0.29) is 5.56 Å². The van der Waals surface area contributed by atoms with Gasteiger partial charge in [-0.25, -0.2) is 0 Å². The minimum atomic E-state index is -0.452. The highest BCUT2D eigenvalue weighted by molar-refractivity contribution is 6.03. The summed E-state index contributed by atoms with van der Waals surface area (Å²) in [6, 6.07) is 10.0. The van der Waals surface area contributed by atoms with Crippen LogP contribution in [0.25, 0.3) is 0 Å². The fourth-order valence-corrected chi connectivity index (χ4v) is 1.76. The Kier molecular flexibility index (Phi) is 4.73. The molecule has 0 bridgehead atoms. The quantitative estimate of drug-likeness (QED) is 0.771. The Balaban J connectivity index is 2.07. The van der Waals surface area contributed by atoms with E-state index in [1.54, 1.807) is 37.3 Å². The molecule has 0 aliphatic carbocycles. The minimum Gasteiger partial charge on any atom is -0.492 e. The Labute approximate surface area is 121 Å². The number of ether oxygens (including phenoxy) is 1. The molecule has 0 radical (unpaired) electrons. The van der Waals surface area contributed by atoms with Crippen molar-refractivity contribution in [3.63, 3.8) is 0 Å². The maximum absolute atomic E-state index is 12.0. The Hall–Kier alpha value is -2.60. The highest BCUT2D eigenvalue weighted by Gasteiger charge is 2.10. The number of benzene rings is 1. The third-order valence-electron chi connectivity index (χ3n) is 2.80. The maximum Gasteiger partial charge on any atom is 0.261 e. The van der Waals surface area contributed by atoms with Crippen LogP contribution in [-0.2, 0) is 0 Å². The molecule has 0 fully saturated rings. The van der Waals surface area contributed by atoms with E-state index in [0.717, 1.165) is 0 Å². The van der Waals surface area contributed by atoms with E-state index in [2.05, 4.69) is 10.3 Å².